The largest absolute Gasteiger partial charge is 0.488 e. The summed E-state index contributed by atoms with van der Waals surface area (Å²) in [4.78, 5) is 26.7. The summed E-state index contributed by atoms with van der Waals surface area (Å²) in [6.07, 6.45) is 0. The molecular formula is C94H70B2BrN7O4. The summed E-state index contributed by atoms with van der Waals surface area (Å²) < 4.78 is 1.09. The standard InChI is InChI=1S/C56H40N4.C20H16B2N2O4.C18H14BrN/c1-5-15-47(16-6-1)59(48-17-7-2-8-18-48)51-37-33-43(34-38-51)41-25-29-45(30-26-41)55-56(58-54-24-14-13-23-53(54)57-55)46-31-27-42(28-32-46)44-35-39-52(40-36-44)60(49-19-9-3-10-20-49)50-21-11-4-12-22-50;25-21(26)15-9-5-13(6-10-15)19-20(14-7-11-16(12-8-14)22(27)28)24-18-4-2-1-3-17(18)23-19;19-15-11-13-18(14-12-15)20(16-7-3-1-4-8-16)17-9-5-2-6-10-17/h1-40H;1-12,25-28H;1-14H. The van der Waals surface area contributed by atoms with Gasteiger partial charge in [0.15, 0.2) is 0 Å². The number of rotatable bonds is 17. The summed E-state index contributed by atoms with van der Waals surface area (Å²) in [5.74, 6) is 0. The topological polar surface area (TPSA) is 142 Å². The maximum absolute atomic E-state index is 9.32. The second-order valence-corrected chi connectivity index (χ2v) is 26.5. The molecule has 0 aliphatic heterocycles. The van der Waals surface area contributed by atoms with Crippen LogP contribution in [0.3, 0.4) is 0 Å². The van der Waals surface area contributed by atoms with Crippen molar-refractivity contribution in [1.29, 1.82) is 0 Å². The highest BCUT2D eigenvalue weighted by Crippen LogP contribution is 2.41. The van der Waals surface area contributed by atoms with Crippen LogP contribution < -0.4 is 25.6 Å². The summed E-state index contributed by atoms with van der Waals surface area (Å²) in [6.45, 7) is 0. The number of anilines is 9. The van der Waals surface area contributed by atoms with Gasteiger partial charge in [-0.05, 0) is 179 Å². The Balaban J connectivity index is 0.000000158. The molecular weight excluding hydrogens is 1390 g/mol. The monoisotopic (exact) mass is 1460 g/mol. The third kappa shape index (κ3) is 16.3. The third-order valence-electron chi connectivity index (χ3n) is 18.5. The van der Waals surface area contributed by atoms with Gasteiger partial charge in [-0.15, -0.1) is 0 Å². The molecule has 0 bridgehead atoms. The minimum atomic E-state index is -1.53. The number of fused-ring (bicyclic) bond motifs is 2. The molecule has 17 rings (SSSR count). The van der Waals surface area contributed by atoms with Crippen molar-refractivity contribution in [3.63, 3.8) is 0 Å². The van der Waals surface area contributed by atoms with E-state index in [1.54, 1.807) is 48.5 Å². The zero-order valence-corrected chi connectivity index (χ0v) is 60.1. The summed E-state index contributed by atoms with van der Waals surface area (Å²) in [7, 11) is -3.07. The zero-order valence-electron chi connectivity index (χ0n) is 58.6. The van der Waals surface area contributed by atoms with Gasteiger partial charge in [0.1, 0.15) is 0 Å². The van der Waals surface area contributed by atoms with E-state index in [1.165, 1.54) is 0 Å². The molecule has 518 valence electrons. The van der Waals surface area contributed by atoms with Crippen molar-refractivity contribution in [3.8, 4) is 67.3 Å². The molecule has 14 heteroatoms. The minimum absolute atomic E-state index is 0.389. The first-order valence-electron chi connectivity index (χ1n) is 35.5. The van der Waals surface area contributed by atoms with Crippen molar-refractivity contribution in [2.45, 2.75) is 0 Å². The maximum Gasteiger partial charge on any atom is 0.488 e. The Kier molecular flexibility index (Phi) is 21.7. The van der Waals surface area contributed by atoms with Crippen LogP contribution in [-0.2, 0) is 0 Å². The Morgan fingerprint density at radius 3 is 0.565 bits per heavy atom. The molecule has 0 radical (unpaired) electrons. The normalized spacial score (nSPS) is 10.8. The van der Waals surface area contributed by atoms with Gasteiger partial charge >= 0.3 is 14.2 Å². The number of benzene rings is 15. The molecule has 0 fully saturated rings. The minimum Gasteiger partial charge on any atom is -0.423 e. The molecule has 0 amide bonds. The molecule has 0 saturated heterocycles. The predicted molar refractivity (Wildman–Crippen MR) is 450 cm³/mol. The lowest BCUT2D eigenvalue weighted by molar-refractivity contribution is 0.424. The van der Waals surface area contributed by atoms with Crippen LogP contribution in [0.1, 0.15) is 0 Å². The van der Waals surface area contributed by atoms with Gasteiger partial charge in [-0.25, -0.2) is 19.9 Å². The first kappa shape index (κ1) is 70.5. The number of aromatic nitrogens is 4. The highest BCUT2D eigenvalue weighted by molar-refractivity contribution is 9.10. The molecule has 4 N–H and O–H groups in total. The smallest absolute Gasteiger partial charge is 0.423 e. The van der Waals surface area contributed by atoms with Crippen LogP contribution in [0.4, 0.5) is 51.2 Å². The first-order valence-corrected chi connectivity index (χ1v) is 36.3. The van der Waals surface area contributed by atoms with Crippen LogP contribution in [-0.4, -0.2) is 54.3 Å². The third-order valence-corrected chi connectivity index (χ3v) is 19.0. The van der Waals surface area contributed by atoms with Crippen molar-refractivity contribution in [2.75, 3.05) is 14.7 Å². The molecule has 11 nitrogen and oxygen atoms in total. The van der Waals surface area contributed by atoms with E-state index in [0.29, 0.717) is 22.3 Å². The Hall–Kier alpha value is -13.2. The van der Waals surface area contributed by atoms with Crippen LogP contribution in [0, 0.1) is 0 Å². The lowest BCUT2D eigenvalue weighted by Crippen LogP contribution is -2.29. The Morgan fingerprint density at radius 1 is 0.185 bits per heavy atom. The molecule has 0 spiro atoms. The van der Waals surface area contributed by atoms with Crippen LogP contribution in [0.15, 0.2) is 405 Å². The van der Waals surface area contributed by atoms with E-state index >= 15 is 0 Å². The molecule has 0 aliphatic carbocycles. The summed E-state index contributed by atoms with van der Waals surface area (Å²) in [5.41, 5.74) is 25.3. The van der Waals surface area contributed by atoms with Gasteiger partial charge in [0.05, 0.1) is 44.8 Å². The van der Waals surface area contributed by atoms with Crippen molar-refractivity contribution < 1.29 is 20.1 Å². The summed E-state index contributed by atoms with van der Waals surface area (Å²) in [5, 5.41) is 37.3. The zero-order chi connectivity index (χ0) is 73.6. The average molecular weight is 1460 g/mol. The highest BCUT2D eigenvalue weighted by atomic mass is 79.9. The van der Waals surface area contributed by atoms with Gasteiger partial charge < -0.3 is 34.8 Å². The second-order valence-electron chi connectivity index (χ2n) is 25.6. The quantitative estimate of drug-likeness (QED) is 0.0647. The summed E-state index contributed by atoms with van der Waals surface area (Å²) in [6, 6.07) is 135. The number of nitrogens with zero attached hydrogens (tertiary/aromatic N) is 7. The van der Waals surface area contributed by atoms with Gasteiger partial charge in [-0.1, -0.05) is 271 Å². The van der Waals surface area contributed by atoms with Gasteiger partial charge in [0, 0.05) is 77.9 Å². The fourth-order valence-corrected chi connectivity index (χ4v) is 13.3. The molecule has 2 aromatic heterocycles. The molecule has 0 aliphatic rings. The van der Waals surface area contributed by atoms with Gasteiger partial charge in [0.2, 0.25) is 0 Å². The van der Waals surface area contributed by atoms with Crippen LogP contribution in [0.5, 0.6) is 0 Å². The van der Waals surface area contributed by atoms with Crippen molar-refractivity contribution in [2.24, 2.45) is 0 Å². The van der Waals surface area contributed by atoms with E-state index in [-0.39, 0.29) is 0 Å². The second kappa shape index (κ2) is 33.3. The molecule has 0 saturated carbocycles. The van der Waals surface area contributed by atoms with Crippen LogP contribution in [0.2, 0.25) is 0 Å². The van der Waals surface area contributed by atoms with Crippen molar-refractivity contribution >= 4 is 114 Å². The number of hydrogen-bond acceptors (Lipinski definition) is 11. The van der Waals surface area contributed by atoms with Crippen molar-refractivity contribution in [1.82, 2.24) is 19.9 Å². The first-order chi connectivity index (χ1) is 53.1. The van der Waals surface area contributed by atoms with Crippen LogP contribution in [0.25, 0.3) is 89.4 Å². The van der Waals surface area contributed by atoms with Gasteiger partial charge in [-0.3, -0.25) is 0 Å². The number of para-hydroxylation sites is 10. The van der Waals surface area contributed by atoms with E-state index in [9.17, 15) is 20.1 Å². The van der Waals surface area contributed by atoms with E-state index in [4.69, 9.17) is 19.9 Å². The fraction of sp³-hybridized carbons (Fsp3) is 0. The van der Waals surface area contributed by atoms with Crippen molar-refractivity contribution in [3.05, 3.63) is 405 Å². The number of halogens is 1. The fourth-order valence-electron chi connectivity index (χ4n) is 13.1. The number of hydrogen-bond donors (Lipinski definition) is 4. The summed E-state index contributed by atoms with van der Waals surface area (Å²) >= 11 is 3.49. The molecule has 0 unspecified atom stereocenters. The molecule has 17 aromatic rings. The van der Waals surface area contributed by atoms with E-state index in [1.807, 2.05) is 60.7 Å². The lowest BCUT2D eigenvalue weighted by atomic mass is 9.79. The molecule has 15 aromatic carbocycles. The molecule has 108 heavy (non-hydrogen) atoms. The Morgan fingerprint density at radius 2 is 0.352 bits per heavy atom. The molecule has 2 heterocycles. The maximum atomic E-state index is 9.32. The molecule has 0 atom stereocenters. The lowest BCUT2D eigenvalue weighted by Gasteiger charge is -2.25. The van der Waals surface area contributed by atoms with E-state index in [0.717, 1.165) is 134 Å². The Labute approximate surface area is 637 Å². The van der Waals surface area contributed by atoms with Gasteiger partial charge in [-0.2, -0.15) is 0 Å². The van der Waals surface area contributed by atoms with Gasteiger partial charge in [0.25, 0.3) is 0 Å². The predicted octanol–water partition coefficient (Wildman–Crippen LogP) is 21.5. The van der Waals surface area contributed by atoms with E-state index in [2.05, 4.69) is 322 Å². The SMILES string of the molecule is Brc1ccc(N(c2ccccc2)c2ccccc2)cc1.OB(O)c1ccc(-c2nc3ccccc3nc2-c2ccc(B(O)O)cc2)cc1.c1ccc(N(c2ccccc2)c2ccc(-c3ccc(-c4nc5ccccc5nc4-c4ccc(-c5ccc(N(c6ccccc6)c6ccccc6)cc5)cc4)cc3)cc2)cc1. The average Bonchev–Trinajstić information content (AvgIpc) is 0.786. The van der Waals surface area contributed by atoms with E-state index < -0.39 is 14.2 Å². The Bertz CT molecular complexity index is 5360. The highest BCUT2D eigenvalue weighted by Gasteiger charge is 2.21. The van der Waals surface area contributed by atoms with Crippen LogP contribution >= 0.6 is 15.9 Å².